The molecule has 1 aliphatic heterocycles. The molecule has 2 atom stereocenters. The molecule has 2 N–H and O–H groups in total. The van der Waals surface area contributed by atoms with Crippen LogP contribution in [0.3, 0.4) is 0 Å². The van der Waals surface area contributed by atoms with Crippen LogP contribution < -0.4 is 11.2 Å². The van der Waals surface area contributed by atoms with Crippen molar-refractivity contribution < 1.29 is 9.84 Å². The SMILES string of the molecule is O=c1ccn([C@@H]2O[C@@H](CO)c3ccccc32)c(=O)[nH]1. The summed E-state index contributed by atoms with van der Waals surface area (Å²) < 4.78 is 6.98. The molecule has 0 radical (unpaired) electrons. The Morgan fingerprint density at radius 1 is 1.21 bits per heavy atom. The zero-order valence-corrected chi connectivity index (χ0v) is 9.95. The Hall–Kier alpha value is -2.18. The lowest BCUT2D eigenvalue weighted by molar-refractivity contribution is -0.0341. The van der Waals surface area contributed by atoms with Gasteiger partial charge in [-0.2, -0.15) is 0 Å². The van der Waals surface area contributed by atoms with Gasteiger partial charge in [-0.1, -0.05) is 24.3 Å². The van der Waals surface area contributed by atoms with Gasteiger partial charge in [0.2, 0.25) is 0 Å². The summed E-state index contributed by atoms with van der Waals surface area (Å²) in [6, 6.07) is 8.65. The predicted octanol–water partition coefficient (Wildman–Crippen LogP) is 0.147. The fourth-order valence-electron chi connectivity index (χ4n) is 2.30. The van der Waals surface area contributed by atoms with E-state index in [0.717, 1.165) is 11.1 Å². The van der Waals surface area contributed by atoms with Crippen molar-refractivity contribution in [2.24, 2.45) is 0 Å². The minimum atomic E-state index is -0.627. The fourth-order valence-corrected chi connectivity index (χ4v) is 2.30. The molecular formula is C13H12N2O4. The van der Waals surface area contributed by atoms with Crippen molar-refractivity contribution in [1.29, 1.82) is 0 Å². The first-order valence-electron chi connectivity index (χ1n) is 5.87. The van der Waals surface area contributed by atoms with E-state index in [2.05, 4.69) is 4.98 Å². The first-order valence-corrected chi connectivity index (χ1v) is 5.87. The van der Waals surface area contributed by atoms with Gasteiger partial charge in [0.25, 0.3) is 5.56 Å². The van der Waals surface area contributed by atoms with Crippen LogP contribution in [0.15, 0.2) is 46.1 Å². The average molecular weight is 260 g/mol. The van der Waals surface area contributed by atoms with Gasteiger partial charge in [-0.3, -0.25) is 14.3 Å². The van der Waals surface area contributed by atoms with Crippen LogP contribution in [-0.4, -0.2) is 21.3 Å². The third-order valence-corrected chi connectivity index (χ3v) is 3.17. The molecule has 0 saturated carbocycles. The molecule has 2 aromatic rings. The number of ether oxygens (including phenoxy) is 1. The zero-order chi connectivity index (χ0) is 13.4. The number of aliphatic hydroxyl groups is 1. The van der Waals surface area contributed by atoms with E-state index < -0.39 is 23.6 Å². The summed E-state index contributed by atoms with van der Waals surface area (Å²) in [7, 11) is 0. The maximum Gasteiger partial charge on any atom is 0.330 e. The molecule has 6 nitrogen and oxygen atoms in total. The lowest BCUT2D eigenvalue weighted by Gasteiger charge is -2.15. The molecule has 1 aromatic carbocycles. The molecular weight excluding hydrogens is 248 g/mol. The third kappa shape index (κ3) is 1.91. The van der Waals surface area contributed by atoms with Crippen molar-refractivity contribution in [2.45, 2.75) is 12.3 Å². The molecule has 19 heavy (non-hydrogen) atoms. The Morgan fingerprint density at radius 3 is 2.63 bits per heavy atom. The topological polar surface area (TPSA) is 84.3 Å². The minimum Gasteiger partial charge on any atom is -0.393 e. The number of fused-ring (bicyclic) bond motifs is 1. The lowest BCUT2D eigenvalue weighted by atomic mass is 10.0. The van der Waals surface area contributed by atoms with Gasteiger partial charge >= 0.3 is 5.69 Å². The first-order chi connectivity index (χ1) is 9.20. The van der Waals surface area contributed by atoms with Gasteiger partial charge in [0.1, 0.15) is 6.10 Å². The standard InChI is InChI=1S/C13H12N2O4/c16-7-10-8-3-1-2-4-9(8)12(19-10)15-6-5-11(17)14-13(15)18/h1-6,10,12,16H,7H2,(H,14,17,18)/t10-,12+/m0/s1. The summed E-state index contributed by atoms with van der Waals surface area (Å²) in [5, 5.41) is 9.32. The summed E-state index contributed by atoms with van der Waals surface area (Å²) in [6.45, 7) is -0.161. The molecule has 98 valence electrons. The van der Waals surface area contributed by atoms with Gasteiger partial charge in [-0.25, -0.2) is 4.79 Å². The highest BCUT2D eigenvalue weighted by Gasteiger charge is 2.32. The molecule has 6 heteroatoms. The second kappa shape index (κ2) is 4.49. The Labute approximate surface area is 107 Å². The minimum absolute atomic E-state index is 0.161. The highest BCUT2D eigenvalue weighted by molar-refractivity contribution is 5.34. The van der Waals surface area contributed by atoms with Gasteiger partial charge in [-0.05, 0) is 5.56 Å². The number of nitrogens with one attached hydrogen (secondary N) is 1. The van der Waals surface area contributed by atoms with Crippen molar-refractivity contribution in [3.05, 3.63) is 68.5 Å². The van der Waals surface area contributed by atoms with Crippen molar-refractivity contribution in [3.63, 3.8) is 0 Å². The van der Waals surface area contributed by atoms with Crippen molar-refractivity contribution >= 4 is 0 Å². The highest BCUT2D eigenvalue weighted by Crippen LogP contribution is 2.38. The number of aromatic amines is 1. The fraction of sp³-hybridized carbons (Fsp3) is 0.231. The number of aromatic nitrogens is 2. The van der Waals surface area contributed by atoms with Crippen molar-refractivity contribution in [1.82, 2.24) is 9.55 Å². The van der Waals surface area contributed by atoms with Crippen molar-refractivity contribution in [2.75, 3.05) is 6.61 Å². The second-order valence-electron chi connectivity index (χ2n) is 4.31. The number of aliphatic hydroxyl groups excluding tert-OH is 1. The number of rotatable bonds is 2. The molecule has 0 unspecified atom stereocenters. The van der Waals surface area contributed by atoms with Gasteiger partial charge in [-0.15, -0.1) is 0 Å². The van der Waals surface area contributed by atoms with Gasteiger partial charge in [0.05, 0.1) is 6.61 Å². The van der Waals surface area contributed by atoms with E-state index >= 15 is 0 Å². The van der Waals surface area contributed by atoms with Gasteiger partial charge in [0, 0.05) is 17.8 Å². The molecule has 0 spiro atoms. The number of hydrogen-bond acceptors (Lipinski definition) is 4. The van der Waals surface area contributed by atoms with E-state index in [1.54, 1.807) is 0 Å². The number of H-pyrrole nitrogens is 1. The smallest absolute Gasteiger partial charge is 0.330 e. The maximum atomic E-state index is 11.8. The third-order valence-electron chi connectivity index (χ3n) is 3.17. The molecule has 0 bridgehead atoms. The summed E-state index contributed by atoms with van der Waals surface area (Å²) in [4.78, 5) is 25.1. The highest BCUT2D eigenvalue weighted by atomic mass is 16.5. The van der Waals surface area contributed by atoms with E-state index in [1.807, 2.05) is 24.3 Å². The lowest BCUT2D eigenvalue weighted by Crippen LogP contribution is -2.31. The van der Waals surface area contributed by atoms with Crippen LogP contribution in [0.1, 0.15) is 23.5 Å². The average Bonchev–Trinajstić information content (AvgIpc) is 2.78. The van der Waals surface area contributed by atoms with Crippen LogP contribution in [0.5, 0.6) is 0 Å². The predicted molar refractivity (Wildman–Crippen MR) is 66.8 cm³/mol. The molecule has 2 heterocycles. The molecule has 1 aliphatic rings. The monoisotopic (exact) mass is 260 g/mol. The Kier molecular flexibility index (Phi) is 2.81. The molecule has 1 aromatic heterocycles. The first kappa shape index (κ1) is 11.9. The number of hydrogen-bond donors (Lipinski definition) is 2. The maximum absolute atomic E-state index is 11.8. The van der Waals surface area contributed by atoms with E-state index in [1.165, 1.54) is 16.8 Å². The van der Waals surface area contributed by atoms with E-state index in [-0.39, 0.29) is 6.61 Å². The van der Waals surface area contributed by atoms with E-state index in [0.29, 0.717) is 0 Å². The number of benzene rings is 1. The van der Waals surface area contributed by atoms with Crippen LogP contribution in [-0.2, 0) is 4.74 Å². The van der Waals surface area contributed by atoms with Crippen molar-refractivity contribution in [3.8, 4) is 0 Å². The molecule has 0 aliphatic carbocycles. The van der Waals surface area contributed by atoms with E-state index in [9.17, 15) is 14.7 Å². The summed E-state index contributed by atoms with van der Waals surface area (Å²) in [5.41, 5.74) is 0.681. The summed E-state index contributed by atoms with van der Waals surface area (Å²) in [6.07, 6.45) is 0.306. The van der Waals surface area contributed by atoms with Crippen LogP contribution in [0.2, 0.25) is 0 Å². The molecule has 3 rings (SSSR count). The molecule has 0 amide bonds. The molecule has 0 fully saturated rings. The van der Waals surface area contributed by atoms with Crippen LogP contribution >= 0.6 is 0 Å². The second-order valence-corrected chi connectivity index (χ2v) is 4.31. The van der Waals surface area contributed by atoms with E-state index in [4.69, 9.17) is 4.74 Å². The summed E-state index contributed by atoms with van der Waals surface area (Å²) in [5.74, 6) is 0. The Balaban J connectivity index is 2.13. The Morgan fingerprint density at radius 2 is 1.95 bits per heavy atom. The van der Waals surface area contributed by atoms with Gasteiger partial charge in [0.15, 0.2) is 6.23 Å². The summed E-state index contributed by atoms with van der Waals surface area (Å²) >= 11 is 0. The van der Waals surface area contributed by atoms with Crippen LogP contribution in [0, 0.1) is 0 Å². The number of nitrogens with zero attached hydrogens (tertiary/aromatic N) is 1. The van der Waals surface area contributed by atoms with Gasteiger partial charge < -0.3 is 9.84 Å². The normalized spacial score (nSPS) is 21.3. The largest absolute Gasteiger partial charge is 0.393 e. The Bertz CT molecular complexity index is 719. The van der Waals surface area contributed by atoms with Crippen LogP contribution in [0.4, 0.5) is 0 Å². The molecule has 0 saturated heterocycles. The van der Waals surface area contributed by atoms with Crippen LogP contribution in [0.25, 0.3) is 0 Å². The zero-order valence-electron chi connectivity index (χ0n) is 9.95. The quantitative estimate of drug-likeness (QED) is 0.804.